The van der Waals surface area contributed by atoms with E-state index in [1.165, 1.54) is 0 Å². The van der Waals surface area contributed by atoms with Gasteiger partial charge in [-0.15, -0.1) is 0 Å². The molecule has 2 heterocycles. The van der Waals surface area contributed by atoms with Crippen LogP contribution < -0.4 is 14.8 Å². The van der Waals surface area contributed by atoms with Gasteiger partial charge in [-0.05, 0) is 49.5 Å². The van der Waals surface area contributed by atoms with Crippen molar-refractivity contribution in [3.05, 3.63) is 23.3 Å². The van der Waals surface area contributed by atoms with Crippen molar-refractivity contribution >= 4 is 0 Å². The Kier molecular flexibility index (Phi) is 3.97. The molecule has 1 aromatic rings. The molecular formula is C15H18F3NO2. The molecule has 1 fully saturated rings. The molecule has 0 spiro atoms. The molecule has 0 aliphatic carbocycles. The molecule has 116 valence electrons. The molecule has 1 N–H and O–H groups in total. The molecule has 0 saturated carbocycles. The second-order valence-corrected chi connectivity index (χ2v) is 5.46. The first-order chi connectivity index (χ1) is 10.1. The summed E-state index contributed by atoms with van der Waals surface area (Å²) < 4.78 is 51.0. The van der Waals surface area contributed by atoms with Crippen LogP contribution in [0.4, 0.5) is 13.2 Å². The van der Waals surface area contributed by atoms with E-state index in [1.807, 2.05) is 0 Å². The minimum absolute atomic E-state index is 0.0833. The van der Waals surface area contributed by atoms with Gasteiger partial charge in [0, 0.05) is 6.42 Å². The Bertz CT molecular complexity index is 510. The van der Waals surface area contributed by atoms with Crippen molar-refractivity contribution in [1.29, 1.82) is 0 Å². The second-order valence-electron chi connectivity index (χ2n) is 5.46. The number of halogens is 3. The molecule has 2 aliphatic heterocycles. The second kappa shape index (κ2) is 5.75. The normalized spacial score (nSPS) is 20.1. The monoisotopic (exact) mass is 301 g/mol. The fourth-order valence-electron chi connectivity index (χ4n) is 2.94. The van der Waals surface area contributed by atoms with E-state index in [0.717, 1.165) is 19.2 Å². The van der Waals surface area contributed by atoms with E-state index in [-0.39, 0.29) is 11.7 Å². The Labute approximate surface area is 121 Å². The Balaban J connectivity index is 2.04. The van der Waals surface area contributed by atoms with Crippen LogP contribution in [0.5, 0.6) is 11.5 Å². The van der Waals surface area contributed by atoms with Crippen LogP contribution in [0, 0.1) is 0 Å². The molecule has 3 rings (SSSR count). The Hall–Kier alpha value is -1.43. The minimum atomic E-state index is -4.37. The molecule has 6 heteroatoms. The SMILES string of the molecule is FC(F)(F)c1cc2c(cc1C1CCNCC1)OCCCO2. The lowest BCUT2D eigenvalue weighted by atomic mass is 9.86. The van der Waals surface area contributed by atoms with E-state index in [1.54, 1.807) is 6.07 Å². The van der Waals surface area contributed by atoms with Crippen molar-refractivity contribution < 1.29 is 22.6 Å². The van der Waals surface area contributed by atoms with Crippen molar-refractivity contribution in [2.75, 3.05) is 26.3 Å². The largest absolute Gasteiger partial charge is 0.490 e. The van der Waals surface area contributed by atoms with Crippen LogP contribution in [0.2, 0.25) is 0 Å². The van der Waals surface area contributed by atoms with Gasteiger partial charge in [0.1, 0.15) is 0 Å². The zero-order valence-electron chi connectivity index (χ0n) is 11.6. The number of fused-ring (bicyclic) bond motifs is 1. The van der Waals surface area contributed by atoms with Crippen LogP contribution >= 0.6 is 0 Å². The zero-order chi connectivity index (χ0) is 14.9. The average molecular weight is 301 g/mol. The summed E-state index contributed by atoms with van der Waals surface area (Å²) in [7, 11) is 0. The van der Waals surface area contributed by atoms with Gasteiger partial charge in [0.15, 0.2) is 11.5 Å². The number of benzene rings is 1. The Morgan fingerprint density at radius 1 is 1.00 bits per heavy atom. The molecular weight excluding hydrogens is 283 g/mol. The standard InChI is InChI=1S/C15H18F3NO2/c16-15(17,18)12-9-14-13(20-6-1-7-21-14)8-11(12)10-2-4-19-5-3-10/h8-10,19H,1-7H2. The molecule has 0 radical (unpaired) electrons. The maximum atomic E-state index is 13.4. The third-order valence-corrected chi connectivity index (χ3v) is 4.00. The van der Waals surface area contributed by atoms with Gasteiger partial charge in [-0.25, -0.2) is 0 Å². The minimum Gasteiger partial charge on any atom is -0.490 e. The Morgan fingerprint density at radius 3 is 2.24 bits per heavy atom. The average Bonchev–Trinajstić information content (AvgIpc) is 2.70. The van der Waals surface area contributed by atoms with Gasteiger partial charge in [-0.3, -0.25) is 0 Å². The predicted molar refractivity (Wildman–Crippen MR) is 71.9 cm³/mol. The third kappa shape index (κ3) is 3.10. The number of piperidine rings is 1. The van der Waals surface area contributed by atoms with Gasteiger partial charge in [0.05, 0.1) is 18.8 Å². The van der Waals surface area contributed by atoms with Crippen LogP contribution in [0.1, 0.15) is 36.3 Å². The summed E-state index contributed by atoms with van der Waals surface area (Å²) in [6, 6.07) is 2.65. The van der Waals surface area contributed by atoms with Crippen LogP contribution in [-0.2, 0) is 6.18 Å². The molecule has 21 heavy (non-hydrogen) atoms. The highest BCUT2D eigenvalue weighted by Gasteiger charge is 2.37. The van der Waals surface area contributed by atoms with Gasteiger partial charge in [-0.2, -0.15) is 13.2 Å². The lowest BCUT2D eigenvalue weighted by Gasteiger charge is -2.26. The van der Waals surface area contributed by atoms with Gasteiger partial charge < -0.3 is 14.8 Å². The number of hydrogen-bond donors (Lipinski definition) is 1. The highest BCUT2D eigenvalue weighted by molar-refractivity contribution is 5.50. The van der Waals surface area contributed by atoms with Gasteiger partial charge in [0.2, 0.25) is 0 Å². The highest BCUT2D eigenvalue weighted by Crippen LogP contribution is 2.44. The van der Waals surface area contributed by atoms with Crippen LogP contribution in [-0.4, -0.2) is 26.3 Å². The predicted octanol–water partition coefficient (Wildman–Crippen LogP) is 3.33. The summed E-state index contributed by atoms with van der Waals surface area (Å²) in [5.41, 5.74) is -0.244. The zero-order valence-corrected chi connectivity index (χ0v) is 11.6. The molecule has 0 unspecified atom stereocenters. The first-order valence-electron chi connectivity index (χ1n) is 7.27. The van der Waals surface area contributed by atoms with E-state index in [4.69, 9.17) is 9.47 Å². The summed E-state index contributed by atoms with van der Waals surface area (Å²) in [5.74, 6) is 0.562. The summed E-state index contributed by atoms with van der Waals surface area (Å²) in [4.78, 5) is 0. The molecule has 0 aromatic heterocycles. The molecule has 0 amide bonds. The van der Waals surface area contributed by atoms with Crippen LogP contribution in [0.15, 0.2) is 12.1 Å². The summed E-state index contributed by atoms with van der Waals surface area (Å²) in [6.45, 7) is 2.35. The Morgan fingerprint density at radius 2 is 1.62 bits per heavy atom. The fourth-order valence-corrected chi connectivity index (χ4v) is 2.94. The van der Waals surface area contributed by atoms with E-state index in [0.29, 0.717) is 43.8 Å². The van der Waals surface area contributed by atoms with Crippen molar-refractivity contribution in [1.82, 2.24) is 5.32 Å². The number of alkyl halides is 3. The first-order valence-corrected chi connectivity index (χ1v) is 7.27. The third-order valence-electron chi connectivity index (χ3n) is 4.00. The van der Waals surface area contributed by atoms with E-state index < -0.39 is 11.7 Å². The molecule has 3 nitrogen and oxygen atoms in total. The van der Waals surface area contributed by atoms with Gasteiger partial charge in [-0.1, -0.05) is 0 Å². The van der Waals surface area contributed by atoms with Crippen molar-refractivity contribution in [3.63, 3.8) is 0 Å². The molecule has 1 aromatic carbocycles. The number of ether oxygens (including phenoxy) is 2. The first kappa shape index (κ1) is 14.5. The lowest BCUT2D eigenvalue weighted by molar-refractivity contribution is -0.138. The topological polar surface area (TPSA) is 30.5 Å². The van der Waals surface area contributed by atoms with Gasteiger partial charge >= 0.3 is 6.18 Å². The van der Waals surface area contributed by atoms with Gasteiger partial charge in [0.25, 0.3) is 0 Å². The molecule has 2 aliphatic rings. The quantitative estimate of drug-likeness (QED) is 0.863. The molecule has 0 bridgehead atoms. The van der Waals surface area contributed by atoms with Crippen molar-refractivity contribution in [2.24, 2.45) is 0 Å². The summed E-state index contributed by atoms with van der Waals surface area (Å²) in [6.07, 6.45) is -2.27. The highest BCUT2D eigenvalue weighted by atomic mass is 19.4. The summed E-state index contributed by atoms with van der Waals surface area (Å²) >= 11 is 0. The van der Waals surface area contributed by atoms with Crippen molar-refractivity contribution in [2.45, 2.75) is 31.4 Å². The number of nitrogens with one attached hydrogen (secondary N) is 1. The maximum Gasteiger partial charge on any atom is 0.416 e. The molecule has 1 saturated heterocycles. The number of rotatable bonds is 1. The fraction of sp³-hybridized carbons (Fsp3) is 0.600. The van der Waals surface area contributed by atoms with E-state index in [9.17, 15) is 13.2 Å². The van der Waals surface area contributed by atoms with Crippen molar-refractivity contribution in [3.8, 4) is 11.5 Å². The maximum absolute atomic E-state index is 13.4. The summed E-state index contributed by atoms with van der Waals surface area (Å²) in [5, 5.41) is 3.18. The van der Waals surface area contributed by atoms with E-state index >= 15 is 0 Å². The number of hydrogen-bond acceptors (Lipinski definition) is 3. The van der Waals surface area contributed by atoms with Crippen LogP contribution in [0.25, 0.3) is 0 Å². The van der Waals surface area contributed by atoms with Crippen LogP contribution in [0.3, 0.4) is 0 Å². The van der Waals surface area contributed by atoms with E-state index in [2.05, 4.69) is 5.32 Å². The molecule has 0 atom stereocenters. The lowest BCUT2D eigenvalue weighted by Crippen LogP contribution is -2.28. The smallest absolute Gasteiger partial charge is 0.416 e.